The normalized spacial score (nSPS) is 9.91. The molecule has 1 amide bonds. The van der Waals surface area contributed by atoms with Gasteiger partial charge in [-0.15, -0.1) is 0 Å². The number of nitrogens with zero attached hydrogens (tertiary/aromatic N) is 4. The summed E-state index contributed by atoms with van der Waals surface area (Å²) in [6, 6.07) is 8.10. The molecule has 1 aromatic carbocycles. The van der Waals surface area contributed by atoms with E-state index in [0.717, 1.165) is 10.7 Å². The number of anilines is 1. The highest BCUT2D eigenvalue weighted by Crippen LogP contribution is 2.21. The number of nitro groups is 1. The molecule has 0 fully saturated rings. The van der Waals surface area contributed by atoms with E-state index in [0.29, 0.717) is 5.69 Å². The van der Waals surface area contributed by atoms with Crippen molar-refractivity contribution in [1.82, 2.24) is 9.78 Å². The minimum atomic E-state index is -0.636. The number of nitriles is 1. The Morgan fingerprint density at radius 2 is 2.17 bits per heavy atom. The molecule has 0 aliphatic carbocycles. The monoisotopic (exact) mass is 313 g/mol. The standard InChI is InChI=1S/C14H11N5O4/c1-9-2-5-14(21)18(17-9)8-13(20)16-12-4-3-11(19(22)23)6-10(12)7-15/h2-6H,8H2,1H3,(H,16,20). The predicted molar refractivity (Wildman–Crippen MR) is 79.7 cm³/mol. The minimum absolute atomic E-state index is 0.0444. The number of hydrogen-bond donors (Lipinski definition) is 1. The van der Waals surface area contributed by atoms with Crippen LogP contribution in [0.5, 0.6) is 0 Å². The van der Waals surface area contributed by atoms with Crippen LogP contribution in [0.1, 0.15) is 11.3 Å². The van der Waals surface area contributed by atoms with Crippen LogP contribution >= 0.6 is 0 Å². The fourth-order valence-corrected chi connectivity index (χ4v) is 1.84. The van der Waals surface area contributed by atoms with Crippen LogP contribution in [0.2, 0.25) is 0 Å². The van der Waals surface area contributed by atoms with Crippen LogP contribution in [0.15, 0.2) is 35.1 Å². The van der Waals surface area contributed by atoms with Crippen molar-refractivity contribution in [2.45, 2.75) is 13.5 Å². The van der Waals surface area contributed by atoms with Crippen molar-refractivity contribution in [2.24, 2.45) is 0 Å². The predicted octanol–water partition coefficient (Wildman–Crippen LogP) is 0.970. The first kappa shape index (κ1) is 15.8. The highest BCUT2D eigenvalue weighted by molar-refractivity contribution is 5.92. The summed E-state index contributed by atoms with van der Waals surface area (Å²) in [5.41, 5.74) is -0.0302. The van der Waals surface area contributed by atoms with Crippen LogP contribution in [-0.4, -0.2) is 20.6 Å². The number of nitro benzene ring substituents is 1. The molecule has 23 heavy (non-hydrogen) atoms. The quantitative estimate of drug-likeness (QED) is 0.661. The molecule has 9 heteroatoms. The van der Waals surface area contributed by atoms with E-state index in [9.17, 15) is 19.7 Å². The van der Waals surface area contributed by atoms with Crippen molar-refractivity contribution in [2.75, 3.05) is 5.32 Å². The Morgan fingerprint density at radius 3 is 2.83 bits per heavy atom. The van der Waals surface area contributed by atoms with Crippen molar-refractivity contribution >= 4 is 17.3 Å². The number of rotatable bonds is 4. The lowest BCUT2D eigenvalue weighted by Crippen LogP contribution is -2.29. The summed E-state index contributed by atoms with van der Waals surface area (Å²) >= 11 is 0. The zero-order chi connectivity index (χ0) is 17.0. The van der Waals surface area contributed by atoms with Gasteiger partial charge in [-0.25, -0.2) is 4.68 Å². The molecular formula is C14H11N5O4. The molecule has 0 aliphatic heterocycles. The van der Waals surface area contributed by atoms with E-state index in [1.165, 1.54) is 24.3 Å². The van der Waals surface area contributed by atoms with Crippen LogP contribution in [0.25, 0.3) is 0 Å². The average molecular weight is 313 g/mol. The van der Waals surface area contributed by atoms with Gasteiger partial charge in [0.15, 0.2) is 0 Å². The molecule has 0 saturated heterocycles. The summed E-state index contributed by atoms with van der Waals surface area (Å²) in [4.78, 5) is 33.6. The van der Waals surface area contributed by atoms with Gasteiger partial charge in [-0.1, -0.05) is 0 Å². The second-order valence-electron chi connectivity index (χ2n) is 4.62. The van der Waals surface area contributed by atoms with E-state index in [1.807, 2.05) is 0 Å². The number of nitrogens with one attached hydrogen (secondary N) is 1. The molecule has 0 atom stereocenters. The van der Waals surface area contributed by atoms with Crippen LogP contribution in [-0.2, 0) is 11.3 Å². The Kier molecular flexibility index (Phi) is 4.47. The molecule has 0 unspecified atom stereocenters. The number of aryl methyl sites for hydroxylation is 1. The minimum Gasteiger partial charge on any atom is -0.323 e. The Bertz CT molecular complexity index is 881. The smallest absolute Gasteiger partial charge is 0.270 e. The Morgan fingerprint density at radius 1 is 1.43 bits per heavy atom. The number of carbonyl (C=O) groups is 1. The maximum atomic E-state index is 12.0. The van der Waals surface area contributed by atoms with Crippen molar-refractivity contribution in [3.05, 3.63) is 62.1 Å². The van der Waals surface area contributed by atoms with Gasteiger partial charge >= 0.3 is 0 Å². The third-order valence-electron chi connectivity index (χ3n) is 2.90. The van der Waals surface area contributed by atoms with Gasteiger partial charge in [-0.05, 0) is 19.1 Å². The Labute approximate surface area is 129 Å². The van der Waals surface area contributed by atoms with Crippen molar-refractivity contribution in [3.8, 4) is 6.07 Å². The van der Waals surface area contributed by atoms with Gasteiger partial charge in [-0.2, -0.15) is 10.4 Å². The van der Waals surface area contributed by atoms with E-state index in [2.05, 4.69) is 10.4 Å². The second-order valence-corrected chi connectivity index (χ2v) is 4.62. The summed E-state index contributed by atoms with van der Waals surface area (Å²) in [5.74, 6) is -0.574. The summed E-state index contributed by atoms with van der Waals surface area (Å²) in [7, 11) is 0. The molecule has 9 nitrogen and oxygen atoms in total. The lowest BCUT2D eigenvalue weighted by molar-refractivity contribution is -0.384. The Hall–Kier alpha value is -3.54. The number of amides is 1. The van der Waals surface area contributed by atoms with Crippen molar-refractivity contribution in [3.63, 3.8) is 0 Å². The first-order valence-corrected chi connectivity index (χ1v) is 6.44. The fourth-order valence-electron chi connectivity index (χ4n) is 1.84. The molecular weight excluding hydrogens is 302 g/mol. The van der Waals surface area contributed by atoms with Crippen LogP contribution in [0.4, 0.5) is 11.4 Å². The number of benzene rings is 1. The molecule has 0 radical (unpaired) electrons. The molecule has 1 heterocycles. The van der Waals surface area contributed by atoms with Gasteiger partial charge < -0.3 is 5.32 Å². The summed E-state index contributed by atoms with van der Waals surface area (Å²) in [5, 5.41) is 26.1. The molecule has 1 N–H and O–H groups in total. The number of hydrogen-bond acceptors (Lipinski definition) is 6. The number of carbonyl (C=O) groups excluding carboxylic acids is 1. The molecule has 0 bridgehead atoms. The van der Waals surface area contributed by atoms with Gasteiger partial charge in [0.2, 0.25) is 5.91 Å². The highest BCUT2D eigenvalue weighted by atomic mass is 16.6. The molecule has 2 rings (SSSR count). The molecule has 2 aromatic rings. The lowest BCUT2D eigenvalue weighted by Gasteiger charge is -2.08. The first-order chi connectivity index (χ1) is 10.9. The van der Waals surface area contributed by atoms with Gasteiger partial charge in [0.1, 0.15) is 12.6 Å². The average Bonchev–Trinajstić information content (AvgIpc) is 2.51. The zero-order valence-corrected chi connectivity index (χ0v) is 12.0. The lowest BCUT2D eigenvalue weighted by atomic mass is 10.1. The first-order valence-electron chi connectivity index (χ1n) is 6.44. The summed E-state index contributed by atoms with van der Waals surface area (Å²) in [6.45, 7) is 1.35. The van der Waals surface area contributed by atoms with Gasteiger partial charge in [0.25, 0.3) is 11.2 Å². The topological polar surface area (TPSA) is 131 Å². The van der Waals surface area contributed by atoms with E-state index in [1.54, 1.807) is 13.0 Å². The van der Waals surface area contributed by atoms with E-state index in [-0.39, 0.29) is 23.5 Å². The Balaban J connectivity index is 2.20. The van der Waals surface area contributed by atoms with E-state index >= 15 is 0 Å². The number of non-ortho nitro benzene ring substituents is 1. The van der Waals surface area contributed by atoms with Crippen molar-refractivity contribution < 1.29 is 9.72 Å². The zero-order valence-electron chi connectivity index (χ0n) is 12.0. The maximum absolute atomic E-state index is 12.0. The summed E-state index contributed by atoms with van der Waals surface area (Å²) < 4.78 is 0.988. The molecule has 0 saturated carbocycles. The molecule has 1 aromatic heterocycles. The van der Waals surface area contributed by atoms with E-state index in [4.69, 9.17) is 5.26 Å². The largest absolute Gasteiger partial charge is 0.323 e. The fraction of sp³-hybridized carbons (Fsp3) is 0.143. The third kappa shape index (κ3) is 3.76. The third-order valence-corrected chi connectivity index (χ3v) is 2.90. The van der Waals surface area contributed by atoms with Gasteiger partial charge in [-0.3, -0.25) is 19.7 Å². The van der Waals surface area contributed by atoms with Crippen LogP contribution < -0.4 is 10.9 Å². The maximum Gasteiger partial charge on any atom is 0.270 e. The van der Waals surface area contributed by atoms with Gasteiger partial charge in [0.05, 0.1) is 21.9 Å². The van der Waals surface area contributed by atoms with Crippen LogP contribution in [0.3, 0.4) is 0 Å². The van der Waals surface area contributed by atoms with E-state index < -0.39 is 16.4 Å². The SMILES string of the molecule is Cc1ccc(=O)n(CC(=O)Nc2ccc([N+](=O)[O-])cc2C#N)n1. The molecule has 116 valence electrons. The number of aromatic nitrogens is 2. The second kappa shape index (κ2) is 6.48. The highest BCUT2D eigenvalue weighted by Gasteiger charge is 2.13. The molecule has 0 spiro atoms. The summed E-state index contributed by atoms with van der Waals surface area (Å²) in [6.07, 6.45) is 0. The van der Waals surface area contributed by atoms with Crippen molar-refractivity contribution in [1.29, 1.82) is 5.26 Å². The van der Waals surface area contributed by atoms with Gasteiger partial charge in [0, 0.05) is 18.2 Å². The molecule has 0 aliphatic rings. The van der Waals surface area contributed by atoms with Crippen LogP contribution in [0, 0.1) is 28.4 Å².